The Hall–Kier alpha value is -0.560. The number of likely N-dealkylation sites (tertiary alicyclic amines) is 1. The first-order valence-electron chi connectivity index (χ1n) is 7.08. The molecule has 0 atom stereocenters. The molecule has 1 heterocycles. The molecule has 3 heteroatoms. The number of hydrogen-bond donors (Lipinski definition) is 0. The molecule has 2 rings (SSSR count). The predicted molar refractivity (Wildman–Crippen MR) is 72.4 cm³/mol. The summed E-state index contributed by atoms with van der Waals surface area (Å²) in [4.78, 5) is 2.44. The lowest BCUT2D eigenvalue weighted by Crippen LogP contribution is -2.39. The third-order valence-electron chi connectivity index (χ3n) is 4.14. The lowest BCUT2D eigenvalue weighted by Gasteiger charge is -2.36. The summed E-state index contributed by atoms with van der Waals surface area (Å²) in [5.41, 5.74) is 0. The van der Waals surface area contributed by atoms with E-state index in [2.05, 4.69) is 16.7 Å². The van der Waals surface area contributed by atoms with E-state index in [-0.39, 0.29) is 0 Å². The maximum Gasteiger partial charge on any atom is 0.0624 e. The molecule has 1 saturated heterocycles. The first-order chi connectivity index (χ1) is 8.81. The van der Waals surface area contributed by atoms with Crippen LogP contribution in [0.3, 0.4) is 0 Å². The van der Waals surface area contributed by atoms with Crippen LogP contribution in [-0.2, 0) is 9.47 Å². The summed E-state index contributed by atoms with van der Waals surface area (Å²) in [6.45, 7) is 6.13. The van der Waals surface area contributed by atoms with Gasteiger partial charge in [-0.05, 0) is 51.6 Å². The minimum Gasteiger partial charge on any atom is -0.381 e. The highest BCUT2D eigenvalue weighted by atomic mass is 16.5. The molecule has 0 amide bonds. The van der Waals surface area contributed by atoms with Gasteiger partial charge in [0.1, 0.15) is 0 Å². The van der Waals surface area contributed by atoms with Crippen molar-refractivity contribution in [2.75, 3.05) is 33.4 Å². The summed E-state index contributed by atoms with van der Waals surface area (Å²) < 4.78 is 11.2. The fraction of sp³-hybridized carbons (Fsp3) is 0.867. The van der Waals surface area contributed by atoms with E-state index in [0.717, 1.165) is 31.9 Å². The van der Waals surface area contributed by atoms with Crippen molar-refractivity contribution >= 4 is 0 Å². The topological polar surface area (TPSA) is 21.7 Å². The van der Waals surface area contributed by atoms with Crippen LogP contribution in [0.4, 0.5) is 0 Å². The molecule has 1 aliphatic carbocycles. The van der Waals surface area contributed by atoms with Crippen LogP contribution in [-0.4, -0.2) is 50.5 Å². The standard InChI is InChI=1S/C15H25NO2/c1-3-4-7-16-8-5-13(6-9-16)12-18-15-10-14(11-15)17-2/h13-15H,5-12H2,1-2H3. The second-order valence-electron chi connectivity index (χ2n) is 5.43. The van der Waals surface area contributed by atoms with Crippen molar-refractivity contribution in [3.05, 3.63) is 0 Å². The second kappa shape index (κ2) is 7.13. The van der Waals surface area contributed by atoms with E-state index in [1.165, 1.54) is 25.9 Å². The molecule has 2 fully saturated rings. The van der Waals surface area contributed by atoms with Crippen LogP contribution in [0.25, 0.3) is 0 Å². The summed E-state index contributed by atoms with van der Waals surface area (Å²) in [6, 6.07) is 0. The largest absolute Gasteiger partial charge is 0.381 e. The minimum atomic E-state index is 0.449. The van der Waals surface area contributed by atoms with Crippen molar-refractivity contribution in [3.8, 4) is 11.8 Å². The van der Waals surface area contributed by atoms with E-state index in [1.807, 2.05) is 6.92 Å². The van der Waals surface area contributed by atoms with Crippen molar-refractivity contribution in [1.29, 1.82) is 0 Å². The van der Waals surface area contributed by atoms with Crippen molar-refractivity contribution in [2.24, 2.45) is 5.92 Å². The number of ether oxygens (including phenoxy) is 2. The predicted octanol–water partition coefficient (Wildman–Crippen LogP) is 1.92. The smallest absolute Gasteiger partial charge is 0.0624 e. The maximum atomic E-state index is 5.94. The van der Waals surface area contributed by atoms with E-state index in [0.29, 0.717) is 12.2 Å². The second-order valence-corrected chi connectivity index (χ2v) is 5.43. The number of hydrogen-bond acceptors (Lipinski definition) is 3. The third kappa shape index (κ3) is 3.98. The summed E-state index contributed by atoms with van der Waals surface area (Å²) >= 11 is 0. The summed E-state index contributed by atoms with van der Waals surface area (Å²) in [5, 5.41) is 0. The van der Waals surface area contributed by atoms with Gasteiger partial charge in [-0.25, -0.2) is 0 Å². The normalized spacial score (nSPS) is 29.4. The van der Waals surface area contributed by atoms with Crippen LogP contribution in [0, 0.1) is 17.8 Å². The van der Waals surface area contributed by atoms with Crippen molar-refractivity contribution < 1.29 is 9.47 Å². The average Bonchev–Trinajstić information content (AvgIpc) is 2.36. The molecule has 0 aromatic heterocycles. The summed E-state index contributed by atoms with van der Waals surface area (Å²) in [5.74, 6) is 6.85. The van der Waals surface area contributed by atoms with Crippen molar-refractivity contribution in [3.63, 3.8) is 0 Å². The molecule has 1 aliphatic heterocycles. The maximum absolute atomic E-state index is 5.94. The zero-order chi connectivity index (χ0) is 12.8. The van der Waals surface area contributed by atoms with E-state index >= 15 is 0 Å². The molecule has 0 N–H and O–H groups in total. The van der Waals surface area contributed by atoms with Gasteiger partial charge in [-0.15, -0.1) is 5.92 Å². The highest BCUT2D eigenvalue weighted by molar-refractivity contribution is 4.98. The van der Waals surface area contributed by atoms with Gasteiger partial charge in [0.05, 0.1) is 18.8 Å². The van der Waals surface area contributed by atoms with Gasteiger partial charge in [0.25, 0.3) is 0 Å². The van der Waals surface area contributed by atoms with E-state index in [9.17, 15) is 0 Å². The van der Waals surface area contributed by atoms with Gasteiger partial charge in [0.2, 0.25) is 0 Å². The van der Waals surface area contributed by atoms with E-state index in [1.54, 1.807) is 7.11 Å². The van der Waals surface area contributed by atoms with E-state index < -0.39 is 0 Å². The number of methoxy groups -OCH3 is 1. The molecule has 0 radical (unpaired) electrons. The Bertz CT molecular complexity index is 293. The van der Waals surface area contributed by atoms with Crippen molar-refractivity contribution in [1.82, 2.24) is 4.90 Å². The van der Waals surface area contributed by atoms with Crippen LogP contribution in [0.1, 0.15) is 32.6 Å². The number of piperidine rings is 1. The Morgan fingerprint density at radius 1 is 1.17 bits per heavy atom. The Balaban J connectivity index is 1.55. The van der Waals surface area contributed by atoms with Crippen LogP contribution < -0.4 is 0 Å². The van der Waals surface area contributed by atoms with Gasteiger partial charge in [0.15, 0.2) is 0 Å². The van der Waals surface area contributed by atoms with Crippen LogP contribution >= 0.6 is 0 Å². The Labute approximate surface area is 111 Å². The third-order valence-corrected chi connectivity index (χ3v) is 4.14. The fourth-order valence-corrected chi connectivity index (χ4v) is 2.62. The molecule has 3 nitrogen and oxygen atoms in total. The summed E-state index contributed by atoms with van der Waals surface area (Å²) in [6.07, 6.45) is 5.59. The SMILES string of the molecule is CC#CCN1CCC(COC2CC(OC)C2)CC1. The first kappa shape index (κ1) is 13.9. The quantitative estimate of drug-likeness (QED) is 0.697. The highest BCUT2D eigenvalue weighted by Crippen LogP contribution is 2.27. The Morgan fingerprint density at radius 2 is 1.89 bits per heavy atom. The zero-order valence-electron chi connectivity index (χ0n) is 11.7. The molecular weight excluding hydrogens is 226 g/mol. The number of rotatable bonds is 5. The molecule has 0 spiro atoms. The Morgan fingerprint density at radius 3 is 2.50 bits per heavy atom. The Kier molecular flexibility index (Phi) is 5.49. The van der Waals surface area contributed by atoms with Gasteiger partial charge in [0, 0.05) is 13.7 Å². The molecule has 0 unspecified atom stereocenters. The van der Waals surface area contributed by atoms with Crippen LogP contribution in [0.2, 0.25) is 0 Å². The van der Waals surface area contributed by atoms with Crippen molar-refractivity contribution in [2.45, 2.75) is 44.8 Å². The molecule has 1 saturated carbocycles. The molecule has 0 aromatic rings. The summed E-state index contributed by atoms with van der Waals surface area (Å²) in [7, 11) is 1.79. The van der Waals surface area contributed by atoms with Crippen LogP contribution in [0.5, 0.6) is 0 Å². The molecule has 2 aliphatic rings. The van der Waals surface area contributed by atoms with Gasteiger partial charge >= 0.3 is 0 Å². The molecular formula is C15H25NO2. The first-order valence-corrected chi connectivity index (χ1v) is 7.08. The fourth-order valence-electron chi connectivity index (χ4n) is 2.62. The van der Waals surface area contributed by atoms with Gasteiger partial charge in [-0.2, -0.15) is 0 Å². The molecule has 18 heavy (non-hydrogen) atoms. The van der Waals surface area contributed by atoms with E-state index in [4.69, 9.17) is 9.47 Å². The average molecular weight is 251 g/mol. The van der Waals surface area contributed by atoms with Gasteiger partial charge in [-0.3, -0.25) is 4.90 Å². The zero-order valence-corrected chi connectivity index (χ0v) is 11.7. The van der Waals surface area contributed by atoms with Gasteiger partial charge in [-0.1, -0.05) is 5.92 Å². The molecule has 0 bridgehead atoms. The lowest BCUT2D eigenvalue weighted by molar-refractivity contribution is -0.0976. The van der Waals surface area contributed by atoms with Crippen LogP contribution in [0.15, 0.2) is 0 Å². The highest BCUT2D eigenvalue weighted by Gasteiger charge is 2.30. The number of nitrogens with zero attached hydrogens (tertiary/aromatic N) is 1. The molecule has 102 valence electrons. The molecule has 0 aromatic carbocycles. The lowest BCUT2D eigenvalue weighted by atomic mass is 9.91. The van der Waals surface area contributed by atoms with Gasteiger partial charge < -0.3 is 9.47 Å². The minimum absolute atomic E-state index is 0.449. The monoisotopic (exact) mass is 251 g/mol.